The smallest absolute Gasteiger partial charge is 0.0266 e. The van der Waals surface area contributed by atoms with E-state index in [4.69, 9.17) is 5.73 Å². The van der Waals surface area contributed by atoms with E-state index in [0.29, 0.717) is 0 Å². The second-order valence-corrected chi connectivity index (χ2v) is 2.20. The van der Waals surface area contributed by atoms with Gasteiger partial charge in [-0.2, -0.15) is 0 Å². The molecule has 4 N–H and O–H groups in total. The van der Waals surface area contributed by atoms with Crippen LogP contribution in [-0.2, 0) is 0 Å². The van der Waals surface area contributed by atoms with Crippen LogP contribution in [0.1, 0.15) is 18.5 Å². The second kappa shape index (κ2) is 5.89. The van der Waals surface area contributed by atoms with Gasteiger partial charge in [-0.15, -0.1) is 0 Å². The van der Waals surface area contributed by atoms with Gasteiger partial charge in [-0.05, 0) is 19.5 Å². The van der Waals surface area contributed by atoms with E-state index >= 15 is 0 Å². The fourth-order valence-electron chi connectivity index (χ4n) is 0.757. The summed E-state index contributed by atoms with van der Waals surface area (Å²) in [6, 6.07) is 10.2. The van der Waals surface area contributed by atoms with Crippen molar-refractivity contribution in [3.05, 3.63) is 35.9 Å². The number of nitrogens with two attached hydrogens (primary N) is 2. The molecule has 0 radical (unpaired) electrons. The Morgan fingerprint density at radius 2 is 1.55 bits per heavy atom. The molecule has 62 valence electrons. The first-order chi connectivity index (χ1) is 5.30. The van der Waals surface area contributed by atoms with Crippen LogP contribution in [0.3, 0.4) is 0 Å². The maximum absolute atomic E-state index is 5.61. The fraction of sp³-hybridized carbons (Fsp3) is 0.333. The zero-order valence-corrected chi connectivity index (χ0v) is 7.12. The minimum absolute atomic E-state index is 0.159. The largest absolute Gasteiger partial charge is 0.333 e. The SMILES string of the molecule is CC(N)c1ccccc1.CN. The molecule has 11 heavy (non-hydrogen) atoms. The average Bonchev–Trinajstić information content (AvgIpc) is 2.10. The predicted octanol–water partition coefficient (Wildman–Crippen LogP) is 1.28. The van der Waals surface area contributed by atoms with Crippen LogP contribution in [0.15, 0.2) is 30.3 Å². The maximum atomic E-state index is 5.61. The van der Waals surface area contributed by atoms with Gasteiger partial charge in [-0.25, -0.2) is 0 Å². The highest BCUT2D eigenvalue weighted by Crippen LogP contribution is 2.06. The van der Waals surface area contributed by atoms with Crippen molar-refractivity contribution in [1.82, 2.24) is 0 Å². The van der Waals surface area contributed by atoms with Crippen LogP contribution in [0.5, 0.6) is 0 Å². The minimum atomic E-state index is 0.159. The summed E-state index contributed by atoms with van der Waals surface area (Å²) in [7, 11) is 1.50. The van der Waals surface area contributed by atoms with Crippen molar-refractivity contribution < 1.29 is 0 Å². The molecule has 1 unspecified atom stereocenters. The van der Waals surface area contributed by atoms with Crippen LogP contribution in [-0.4, -0.2) is 7.05 Å². The van der Waals surface area contributed by atoms with E-state index in [-0.39, 0.29) is 6.04 Å². The third kappa shape index (κ3) is 3.75. The quantitative estimate of drug-likeness (QED) is 0.637. The van der Waals surface area contributed by atoms with Gasteiger partial charge in [0.15, 0.2) is 0 Å². The molecule has 0 fully saturated rings. The van der Waals surface area contributed by atoms with Crippen LogP contribution < -0.4 is 11.5 Å². The molecule has 0 aliphatic heterocycles. The van der Waals surface area contributed by atoms with Gasteiger partial charge in [0.05, 0.1) is 0 Å². The molecule has 0 saturated heterocycles. The van der Waals surface area contributed by atoms with E-state index in [1.165, 1.54) is 12.6 Å². The van der Waals surface area contributed by atoms with Crippen molar-refractivity contribution in [3.63, 3.8) is 0 Å². The monoisotopic (exact) mass is 152 g/mol. The number of hydrogen-bond acceptors (Lipinski definition) is 2. The molecule has 0 bridgehead atoms. The average molecular weight is 152 g/mol. The van der Waals surface area contributed by atoms with E-state index in [1.807, 2.05) is 37.3 Å². The lowest BCUT2D eigenvalue weighted by Crippen LogP contribution is -2.03. The van der Waals surface area contributed by atoms with Gasteiger partial charge >= 0.3 is 0 Å². The molecular formula is C9H16N2. The van der Waals surface area contributed by atoms with Gasteiger partial charge in [-0.1, -0.05) is 30.3 Å². The van der Waals surface area contributed by atoms with Crippen molar-refractivity contribution in [2.45, 2.75) is 13.0 Å². The van der Waals surface area contributed by atoms with Gasteiger partial charge in [0.1, 0.15) is 0 Å². The lowest BCUT2D eigenvalue weighted by atomic mass is 10.1. The second-order valence-electron chi connectivity index (χ2n) is 2.20. The number of benzene rings is 1. The third-order valence-corrected chi connectivity index (χ3v) is 1.33. The molecule has 2 nitrogen and oxygen atoms in total. The van der Waals surface area contributed by atoms with Crippen molar-refractivity contribution in [3.8, 4) is 0 Å². The molecule has 0 amide bonds. The topological polar surface area (TPSA) is 52.0 Å². The first-order valence-corrected chi connectivity index (χ1v) is 3.69. The minimum Gasteiger partial charge on any atom is -0.333 e. The highest BCUT2D eigenvalue weighted by molar-refractivity contribution is 5.17. The Balaban J connectivity index is 0.000000461. The molecule has 2 heteroatoms. The molecule has 0 aliphatic carbocycles. The molecule has 0 saturated carbocycles. The van der Waals surface area contributed by atoms with E-state index in [2.05, 4.69) is 5.73 Å². The summed E-state index contributed by atoms with van der Waals surface area (Å²) < 4.78 is 0. The Morgan fingerprint density at radius 3 is 1.82 bits per heavy atom. The van der Waals surface area contributed by atoms with Gasteiger partial charge in [-0.3, -0.25) is 0 Å². The molecule has 0 aliphatic rings. The highest BCUT2D eigenvalue weighted by atomic mass is 14.6. The standard InChI is InChI=1S/C8H11N.CH5N/c1-7(9)8-5-3-2-4-6-8;1-2/h2-7H,9H2,1H3;2H2,1H3. The molecule has 0 aromatic heterocycles. The summed E-state index contributed by atoms with van der Waals surface area (Å²) in [4.78, 5) is 0. The zero-order valence-electron chi connectivity index (χ0n) is 7.12. The van der Waals surface area contributed by atoms with E-state index in [0.717, 1.165) is 0 Å². The molecule has 1 rings (SSSR count). The van der Waals surface area contributed by atoms with Gasteiger partial charge in [0, 0.05) is 6.04 Å². The van der Waals surface area contributed by atoms with Gasteiger partial charge < -0.3 is 11.5 Å². The van der Waals surface area contributed by atoms with Crippen LogP contribution in [0.2, 0.25) is 0 Å². The summed E-state index contributed by atoms with van der Waals surface area (Å²) in [6.45, 7) is 1.98. The molecule has 1 atom stereocenters. The maximum Gasteiger partial charge on any atom is 0.0266 e. The Bertz CT molecular complexity index is 170. The van der Waals surface area contributed by atoms with Crippen LogP contribution in [0.4, 0.5) is 0 Å². The van der Waals surface area contributed by atoms with E-state index < -0.39 is 0 Å². The molecule has 0 spiro atoms. The van der Waals surface area contributed by atoms with Crippen molar-refractivity contribution in [1.29, 1.82) is 0 Å². The summed E-state index contributed by atoms with van der Waals surface area (Å²) in [5.41, 5.74) is 11.3. The first-order valence-electron chi connectivity index (χ1n) is 3.69. The Hall–Kier alpha value is -0.860. The normalized spacial score (nSPS) is 11.3. The molecular weight excluding hydrogens is 136 g/mol. The Morgan fingerprint density at radius 1 is 1.09 bits per heavy atom. The molecule has 0 heterocycles. The van der Waals surface area contributed by atoms with E-state index in [9.17, 15) is 0 Å². The molecule has 1 aromatic rings. The van der Waals surface area contributed by atoms with Gasteiger partial charge in [0.2, 0.25) is 0 Å². The zero-order chi connectivity index (χ0) is 8.69. The molecule has 1 aromatic carbocycles. The van der Waals surface area contributed by atoms with Crippen LogP contribution in [0, 0.1) is 0 Å². The fourth-order valence-corrected chi connectivity index (χ4v) is 0.757. The lowest BCUT2D eigenvalue weighted by Gasteiger charge is -2.02. The summed E-state index contributed by atoms with van der Waals surface area (Å²) in [5, 5.41) is 0. The predicted molar refractivity (Wildman–Crippen MR) is 49.2 cm³/mol. The summed E-state index contributed by atoms with van der Waals surface area (Å²) >= 11 is 0. The Kier molecular flexibility index (Phi) is 5.43. The van der Waals surface area contributed by atoms with Crippen molar-refractivity contribution in [2.75, 3.05) is 7.05 Å². The third-order valence-electron chi connectivity index (χ3n) is 1.33. The van der Waals surface area contributed by atoms with Crippen LogP contribution in [0.25, 0.3) is 0 Å². The van der Waals surface area contributed by atoms with Crippen molar-refractivity contribution in [2.24, 2.45) is 11.5 Å². The van der Waals surface area contributed by atoms with Gasteiger partial charge in [0.25, 0.3) is 0 Å². The highest BCUT2D eigenvalue weighted by Gasteiger charge is 1.93. The Labute approximate surface area is 68.2 Å². The van der Waals surface area contributed by atoms with Crippen LogP contribution >= 0.6 is 0 Å². The number of hydrogen-bond donors (Lipinski definition) is 2. The lowest BCUT2D eigenvalue weighted by molar-refractivity contribution is 0.818. The van der Waals surface area contributed by atoms with Crippen molar-refractivity contribution >= 4 is 0 Å². The summed E-state index contributed by atoms with van der Waals surface area (Å²) in [5.74, 6) is 0. The summed E-state index contributed by atoms with van der Waals surface area (Å²) in [6.07, 6.45) is 0. The first kappa shape index (κ1) is 10.1. The number of rotatable bonds is 1. The van der Waals surface area contributed by atoms with E-state index in [1.54, 1.807) is 0 Å².